The van der Waals surface area contributed by atoms with Crippen LogP contribution in [0.5, 0.6) is 0 Å². The summed E-state index contributed by atoms with van der Waals surface area (Å²) >= 11 is 0. The monoisotopic (exact) mass is 415 g/mol. The van der Waals surface area contributed by atoms with E-state index < -0.39 is 0 Å². The Balaban J connectivity index is 1.29. The molecule has 0 atom stereocenters. The lowest BCUT2D eigenvalue weighted by atomic mass is 9.93. The normalized spacial score (nSPS) is 15.6. The standard InChI is InChI=1S/C26H29N3O2/c30-19-23-11-10-22(31-23)18-29-25-9-5-4-8-24(25)27-26(29)16-20-12-14-28(15-13-20)17-21-6-2-1-3-7-21/h1-11,20,30H,12-19H2. The van der Waals surface area contributed by atoms with E-state index in [-0.39, 0.29) is 6.61 Å². The quantitative estimate of drug-likeness (QED) is 0.478. The van der Waals surface area contributed by atoms with Crippen molar-refractivity contribution in [2.24, 2.45) is 5.92 Å². The number of aliphatic hydroxyl groups excluding tert-OH is 1. The summed E-state index contributed by atoms with van der Waals surface area (Å²) in [6, 6.07) is 22.9. The number of benzene rings is 2. The third kappa shape index (κ3) is 4.58. The topological polar surface area (TPSA) is 54.4 Å². The average Bonchev–Trinajstić information content (AvgIpc) is 3.41. The number of para-hydroxylation sites is 2. The van der Waals surface area contributed by atoms with Gasteiger partial charge in [0.2, 0.25) is 0 Å². The van der Waals surface area contributed by atoms with Crippen LogP contribution in [0, 0.1) is 5.92 Å². The first-order valence-electron chi connectivity index (χ1n) is 11.2. The second-order valence-corrected chi connectivity index (χ2v) is 8.54. The SMILES string of the molecule is OCc1ccc(Cn2c(CC3CCN(Cc4ccccc4)CC3)nc3ccccc32)o1. The van der Waals surface area contributed by atoms with Crippen LogP contribution in [0.3, 0.4) is 0 Å². The number of nitrogens with zero attached hydrogens (tertiary/aromatic N) is 3. The molecule has 2 aromatic carbocycles. The maximum Gasteiger partial charge on any atom is 0.129 e. The highest BCUT2D eigenvalue weighted by atomic mass is 16.4. The Labute approximate surface area is 182 Å². The summed E-state index contributed by atoms with van der Waals surface area (Å²) in [5.41, 5.74) is 3.57. The summed E-state index contributed by atoms with van der Waals surface area (Å²) < 4.78 is 8.05. The van der Waals surface area contributed by atoms with Gasteiger partial charge in [-0.3, -0.25) is 4.90 Å². The molecule has 3 heterocycles. The minimum atomic E-state index is -0.0703. The number of fused-ring (bicyclic) bond motifs is 1. The first-order valence-corrected chi connectivity index (χ1v) is 11.2. The maximum absolute atomic E-state index is 9.32. The van der Waals surface area contributed by atoms with Crippen molar-refractivity contribution in [3.05, 3.63) is 89.6 Å². The molecule has 5 rings (SSSR count). The van der Waals surface area contributed by atoms with Gasteiger partial charge in [-0.25, -0.2) is 4.98 Å². The molecule has 1 aliphatic heterocycles. The van der Waals surface area contributed by atoms with Crippen LogP contribution in [0.1, 0.15) is 35.7 Å². The van der Waals surface area contributed by atoms with Gasteiger partial charge in [0, 0.05) is 13.0 Å². The van der Waals surface area contributed by atoms with Crippen molar-refractivity contribution >= 4 is 11.0 Å². The van der Waals surface area contributed by atoms with Crippen molar-refractivity contribution in [2.75, 3.05) is 13.1 Å². The van der Waals surface area contributed by atoms with Gasteiger partial charge in [0.1, 0.15) is 24.0 Å². The number of furan rings is 1. The van der Waals surface area contributed by atoms with Gasteiger partial charge < -0.3 is 14.1 Å². The molecule has 1 saturated heterocycles. The van der Waals surface area contributed by atoms with Crippen LogP contribution in [-0.4, -0.2) is 32.6 Å². The minimum Gasteiger partial charge on any atom is -0.462 e. The molecule has 0 amide bonds. The Hall–Kier alpha value is -2.89. The molecular weight excluding hydrogens is 386 g/mol. The Morgan fingerprint density at radius 2 is 1.61 bits per heavy atom. The Kier molecular flexibility index (Phi) is 5.87. The second kappa shape index (κ2) is 9.08. The van der Waals surface area contributed by atoms with Crippen LogP contribution in [0.25, 0.3) is 11.0 Å². The molecule has 0 unspecified atom stereocenters. The van der Waals surface area contributed by atoms with Crippen LogP contribution in [0.4, 0.5) is 0 Å². The van der Waals surface area contributed by atoms with Crippen molar-refractivity contribution in [3.63, 3.8) is 0 Å². The molecule has 2 aromatic heterocycles. The van der Waals surface area contributed by atoms with E-state index in [2.05, 4.69) is 58.0 Å². The number of rotatable bonds is 7. The fraction of sp³-hybridized carbons (Fsp3) is 0.346. The highest BCUT2D eigenvalue weighted by Crippen LogP contribution is 2.26. The van der Waals surface area contributed by atoms with Crippen LogP contribution >= 0.6 is 0 Å². The molecule has 31 heavy (non-hydrogen) atoms. The Morgan fingerprint density at radius 1 is 0.871 bits per heavy atom. The highest BCUT2D eigenvalue weighted by Gasteiger charge is 2.22. The van der Waals surface area contributed by atoms with Gasteiger partial charge in [-0.15, -0.1) is 0 Å². The van der Waals surface area contributed by atoms with Crippen LogP contribution in [0.2, 0.25) is 0 Å². The van der Waals surface area contributed by atoms with Crippen molar-refractivity contribution in [1.82, 2.24) is 14.5 Å². The molecule has 1 fully saturated rings. The fourth-order valence-corrected chi connectivity index (χ4v) is 4.65. The van der Waals surface area contributed by atoms with Crippen LogP contribution in [0.15, 0.2) is 71.1 Å². The van der Waals surface area contributed by atoms with Crippen LogP contribution in [-0.2, 0) is 26.1 Å². The van der Waals surface area contributed by atoms with E-state index in [4.69, 9.17) is 9.40 Å². The molecule has 4 aromatic rings. The van der Waals surface area contributed by atoms with Gasteiger partial charge in [-0.2, -0.15) is 0 Å². The first kappa shape index (κ1) is 20.0. The van der Waals surface area contributed by atoms with Crippen molar-refractivity contribution in [1.29, 1.82) is 0 Å². The number of imidazole rings is 1. The van der Waals surface area contributed by atoms with Gasteiger partial charge in [0.15, 0.2) is 0 Å². The zero-order valence-electron chi connectivity index (χ0n) is 17.8. The molecule has 1 aliphatic rings. The first-order chi connectivity index (χ1) is 15.3. The summed E-state index contributed by atoms with van der Waals surface area (Å²) in [4.78, 5) is 7.54. The molecule has 160 valence electrons. The molecule has 0 bridgehead atoms. The molecule has 1 N–H and O–H groups in total. The molecule has 0 aliphatic carbocycles. The number of aromatic nitrogens is 2. The molecule has 5 nitrogen and oxygen atoms in total. The van der Waals surface area contributed by atoms with E-state index in [9.17, 15) is 5.11 Å². The highest BCUT2D eigenvalue weighted by molar-refractivity contribution is 5.76. The lowest BCUT2D eigenvalue weighted by molar-refractivity contribution is 0.175. The van der Waals surface area contributed by atoms with E-state index in [0.29, 0.717) is 18.2 Å². The number of hydrogen-bond acceptors (Lipinski definition) is 4. The number of piperidine rings is 1. The van der Waals surface area contributed by atoms with E-state index in [1.54, 1.807) is 0 Å². The molecule has 0 saturated carbocycles. The Morgan fingerprint density at radius 3 is 2.39 bits per heavy atom. The summed E-state index contributed by atoms with van der Waals surface area (Å²) in [6.07, 6.45) is 3.39. The number of aliphatic hydroxyl groups is 1. The summed E-state index contributed by atoms with van der Waals surface area (Å²) in [6.45, 7) is 3.88. The van der Waals surface area contributed by atoms with E-state index in [0.717, 1.165) is 48.7 Å². The van der Waals surface area contributed by atoms with Crippen molar-refractivity contribution in [2.45, 2.75) is 39.0 Å². The molecular formula is C26H29N3O2. The largest absolute Gasteiger partial charge is 0.462 e. The second-order valence-electron chi connectivity index (χ2n) is 8.54. The van der Waals surface area contributed by atoms with E-state index >= 15 is 0 Å². The van der Waals surface area contributed by atoms with Crippen molar-refractivity contribution < 1.29 is 9.52 Å². The van der Waals surface area contributed by atoms with Gasteiger partial charge in [0.25, 0.3) is 0 Å². The molecule has 0 radical (unpaired) electrons. The lowest BCUT2D eigenvalue weighted by Gasteiger charge is -2.32. The number of hydrogen-bond donors (Lipinski definition) is 1. The van der Waals surface area contributed by atoms with Gasteiger partial charge in [-0.1, -0.05) is 42.5 Å². The third-order valence-corrected chi connectivity index (χ3v) is 6.35. The predicted octanol–water partition coefficient (Wildman–Crippen LogP) is 4.62. The minimum absolute atomic E-state index is 0.0703. The van der Waals surface area contributed by atoms with Crippen LogP contribution < -0.4 is 0 Å². The maximum atomic E-state index is 9.32. The third-order valence-electron chi connectivity index (χ3n) is 6.35. The number of likely N-dealkylation sites (tertiary alicyclic amines) is 1. The molecule has 0 spiro atoms. The van der Waals surface area contributed by atoms with E-state index in [1.807, 2.05) is 18.2 Å². The van der Waals surface area contributed by atoms with Crippen molar-refractivity contribution in [3.8, 4) is 0 Å². The zero-order chi connectivity index (χ0) is 21.0. The zero-order valence-corrected chi connectivity index (χ0v) is 17.8. The smallest absolute Gasteiger partial charge is 0.129 e. The predicted molar refractivity (Wildman–Crippen MR) is 122 cm³/mol. The summed E-state index contributed by atoms with van der Waals surface area (Å²) in [7, 11) is 0. The lowest BCUT2D eigenvalue weighted by Crippen LogP contribution is -2.34. The van der Waals surface area contributed by atoms with Gasteiger partial charge in [-0.05, 0) is 61.7 Å². The molecule has 5 heteroatoms. The van der Waals surface area contributed by atoms with Gasteiger partial charge >= 0.3 is 0 Å². The Bertz CT molecular complexity index is 1120. The van der Waals surface area contributed by atoms with Gasteiger partial charge in [0.05, 0.1) is 17.6 Å². The average molecular weight is 416 g/mol. The fourth-order valence-electron chi connectivity index (χ4n) is 4.65. The van der Waals surface area contributed by atoms with E-state index in [1.165, 1.54) is 18.4 Å². The summed E-state index contributed by atoms with van der Waals surface area (Å²) in [5, 5.41) is 9.32. The summed E-state index contributed by atoms with van der Waals surface area (Å²) in [5.74, 6) is 3.23.